The van der Waals surface area contributed by atoms with Crippen LogP contribution in [0.1, 0.15) is 49.2 Å². The van der Waals surface area contributed by atoms with E-state index >= 15 is 0 Å². The van der Waals surface area contributed by atoms with Gasteiger partial charge in [-0.25, -0.2) is 0 Å². The molecule has 7 rings (SSSR count). The predicted molar refractivity (Wildman–Crippen MR) is 200 cm³/mol. The lowest BCUT2D eigenvalue weighted by atomic mass is 9.91. The maximum absolute atomic E-state index is 15.0. The molecule has 260 valence electrons. The number of carbonyl (C=O) groups excluding carboxylic acids is 3. The first kappa shape index (κ1) is 33.8. The van der Waals surface area contributed by atoms with Crippen LogP contribution in [0.4, 0.5) is 22.7 Å². The molecular weight excluding hydrogens is 638 g/mol. The Morgan fingerprint density at radius 1 is 0.824 bits per heavy atom. The van der Waals surface area contributed by atoms with Crippen LogP contribution in [0.3, 0.4) is 0 Å². The largest absolute Gasteiger partial charge is 0.497 e. The van der Waals surface area contributed by atoms with Gasteiger partial charge in [0.05, 0.1) is 30.7 Å². The fourth-order valence-electron chi connectivity index (χ4n) is 7.43. The molecule has 0 spiro atoms. The molecule has 9 nitrogen and oxygen atoms in total. The molecule has 3 amide bonds. The number of amides is 3. The van der Waals surface area contributed by atoms with Crippen molar-refractivity contribution in [2.24, 2.45) is 5.92 Å². The fourth-order valence-corrected chi connectivity index (χ4v) is 7.43. The zero-order valence-electron chi connectivity index (χ0n) is 29.4. The maximum atomic E-state index is 15.0. The highest BCUT2D eigenvalue weighted by molar-refractivity contribution is 6.21. The van der Waals surface area contributed by atoms with Gasteiger partial charge in [-0.15, -0.1) is 0 Å². The van der Waals surface area contributed by atoms with E-state index in [0.29, 0.717) is 35.0 Å². The molecule has 5 aromatic rings. The zero-order chi connectivity index (χ0) is 35.5. The summed E-state index contributed by atoms with van der Waals surface area (Å²) < 4.78 is 7.40. The molecule has 4 aromatic carbocycles. The molecule has 51 heavy (non-hydrogen) atoms. The van der Waals surface area contributed by atoms with E-state index in [9.17, 15) is 14.4 Å². The Hall–Kier alpha value is -5.70. The standard InChI is InChI=1S/C42H43N5O4/c1-29(2)46(32-22-24-33(51-3)25-23-32)40(48)28-44-38-20-12-13-21-39(38)47(31-16-8-5-9-17-31)42(50)35(41(44)49)26-36-34-18-10-11-19-37(34)45(43-36)27-30-14-6-4-7-15-30/h4-9,12-17,20-25,29,35H,10-11,18-19,26-28H2,1-3H3. The predicted octanol–water partition coefficient (Wildman–Crippen LogP) is 7.13. The minimum absolute atomic E-state index is 0.135. The van der Waals surface area contributed by atoms with E-state index in [4.69, 9.17) is 9.84 Å². The number of aromatic nitrogens is 2. The Morgan fingerprint density at radius 2 is 1.47 bits per heavy atom. The van der Waals surface area contributed by atoms with E-state index in [1.54, 1.807) is 16.9 Å². The van der Waals surface area contributed by atoms with Gasteiger partial charge in [0, 0.05) is 29.5 Å². The van der Waals surface area contributed by atoms with E-state index in [1.807, 2.05) is 111 Å². The molecule has 2 heterocycles. The van der Waals surface area contributed by atoms with E-state index in [0.717, 1.165) is 42.5 Å². The van der Waals surface area contributed by atoms with Gasteiger partial charge in [-0.05, 0) is 99.2 Å². The minimum atomic E-state index is -1.11. The fraction of sp³-hybridized carbons (Fsp3) is 0.286. The molecule has 9 heteroatoms. The second-order valence-electron chi connectivity index (χ2n) is 13.5. The number of benzene rings is 4. The lowest BCUT2D eigenvalue weighted by Gasteiger charge is -2.31. The topological polar surface area (TPSA) is 88.0 Å². The number of para-hydroxylation sites is 3. The van der Waals surface area contributed by atoms with Crippen LogP contribution in [0.25, 0.3) is 0 Å². The molecular formula is C42H43N5O4. The molecule has 0 radical (unpaired) electrons. The Labute approximate surface area is 299 Å². The Balaban J connectivity index is 1.30. The highest BCUT2D eigenvalue weighted by Crippen LogP contribution is 2.40. The summed E-state index contributed by atoms with van der Waals surface area (Å²) in [5.41, 5.74) is 6.64. The van der Waals surface area contributed by atoms with Gasteiger partial charge in [0.15, 0.2) is 0 Å². The van der Waals surface area contributed by atoms with Crippen molar-refractivity contribution in [2.45, 2.75) is 58.5 Å². The van der Waals surface area contributed by atoms with Crippen LogP contribution in [0, 0.1) is 5.92 Å². The average Bonchev–Trinajstić information content (AvgIpc) is 3.46. The number of methoxy groups -OCH3 is 1. The number of hydrogen-bond acceptors (Lipinski definition) is 5. The molecule has 2 aliphatic rings. The summed E-state index contributed by atoms with van der Waals surface area (Å²) in [4.78, 5) is 49.0. The Morgan fingerprint density at radius 3 is 2.16 bits per heavy atom. The Bertz CT molecular complexity index is 2020. The van der Waals surface area contributed by atoms with E-state index in [-0.39, 0.29) is 30.8 Å². The van der Waals surface area contributed by atoms with Crippen molar-refractivity contribution >= 4 is 40.5 Å². The van der Waals surface area contributed by atoms with Crippen LogP contribution in [0.2, 0.25) is 0 Å². The third-order valence-corrected chi connectivity index (χ3v) is 9.85. The highest BCUT2D eigenvalue weighted by Gasteiger charge is 2.43. The van der Waals surface area contributed by atoms with Crippen molar-refractivity contribution in [3.63, 3.8) is 0 Å². The molecule has 0 saturated heterocycles. The summed E-state index contributed by atoms with van der Waals surface area (Å²) in [5, 5.41) is 5.11. The molecule has 0 N–H and O–H groups in total. The number of hydrogen-bond donors (Lipinski definition) is 0. The maximum Gasteiger partial charge on any atom is 0.247 e. The van der Waals surface area contributed by atoms with Gasteiger partial charge in [0.1, 0.15) is 18.2 Å². The van der Waals surface area contributed by atoms with Crippen molar-refractivity contribution in [3.8, 4) is 5.75 Å². The quantitative estimate of drug-likeness (QED) is 0.146. The number of ether oxygens (including phenoxy) is 1. The van der Waals surface area contributed by atoms with Crippen LogP contribution in [-0.4, -0.2) is 47.2 Å². The van der Waals surface area contributed by atoms with Gasteiger partial charge < -0.3 is 14.5 Å². The minimum Gasteiger partial charge on any atom is -0.497 e. The summed E-state index contributed by atoms with van der Waals surface area (Å²) in [6, 6.07) is 34.1. The molecule has 1 aromatic heterocycles. The van der Waals surface area contributed by atoms with Gasteiger partial charge in [-0.3, -0.25) is 24.0 Å². The third kappa shape index (κ3) is 6.76. The first-order chi connectivity index (χ1) is 24.8. The van der Waals surface area contributed by atoms with E-state index < -0.39 is 11.8 Å². The van der Waals surface area contributed by atoms with Crippen LogP contribution in [-0.2, 0) is 40.2 Å². The summed E-state index contributed by atoms with van der Waals surface area (Å²) in [5.74, 6) is -1.44. The smallest absolute Gasteiger partial charge is 0.247 e. The monoisotopic (exact) mass is 681 g/mol. The van der Waals surface area contributed by atoms with Crippen molar-refractivity contribution in [1.82, 2.24) is 9.78 Å². The second-order valence-corrected chi connectivity index (χ2v) is 13.5. The SMILES string of the molecule is COc1ccc(N(C(=O)CN2C(=O)C(Cc3nn(Cc4ccccc4)c4c3CCCC4)C(=O)N(c3ccccc3)c3ccccc32)C(C)C)cc1. The lowest BCUT2D eigenvalue weighted by Crippen LogP contribution is -2.48. The normalized spacial score (nSPS) is 15.7. The van der Waals surface area contributed by atoms with Gasteiger partial charge in [-0.1, -0.05) is 60.7 Å². The summed E-state index contributed by atoms with van der Waals surface area (Å²) in [6.45, 7) is 4.26. The number of anilines is 4. The highest BCUT2D eigenvalue weighted by atomic mass is 16.5. The van der Waals surface area contributed by atoms with Gasteiger partial charge >= 0.3 is 0 Å². The molecule has 0 saturated carbocycles. The van der Waals surface area contributed by atoms with Crippen LogP contribution >= 0.6 is 0 Å². The average molecular weight is 682 g/mol. The molecule has 1 aliphatic heterocycles. The van der Waals surface area contributed by atoms with Crippen molar-refractivity contribution in [1.29, 1.82) is 0 Å². The number of carbonyl (C=O) groups is 3. The summed E-state index contributed by atoms with van der Waals surface area (Å²) >= 11 is 0. The number of fused-ring (bicyclic) bond motifs is 2. The molecule has 0 bridgehead atoms. The molecule has 0 fully saturated rings. The Kier molecular flexibility index (Phi) is 9.70. The summed E-state index contributed by atoms with van der Waals surface area (Å²) in [6.07, 6.45) is 3.99. The van der Waals surface area contributed by atoms with Gasteiger partial charge in [0.25, 0.3) is 0 Å². The summed E-state index contributed by atoms with van der Waals surface area (Å²) in [7, 11) is 1.60. The first-order valence-corrected chi connectivity index (χ1v) is 17.7. The van der Waals surface area contributed by atoms with Crippen LogP contribution in [0.15, 0.2) is 109 Å². The zero-order valence-corrected chi connectivity index (χ0v) is 29.4. The molecule has 1 unspecified atom stereocenters. The second kappa shape index (κ2) is 14.6. The molecule has 1 aliphatic carbocycles. The van der Waals surface area contributed by atoms with Crippen molar-refractivity contribution in [2.75, 3.05) is 28.4 Å². The third-order valence-electron chi connectivity index (χ3n) is 9.85. The number of nitrogens with zero attached hydrogens (tertiary/aromatic N) is 5. The van der Waals surface area contributed by atoms with Crippen LogP contribution < -0.4 is 19.4 Å². The van der Waals surface area contributed by atoms with Gasteiger partial charge in [0.2, 0.25) is 17.7 Å². The first-order valence-electron chi connectivity index (χ1n) is 17.7. The van der Waals surface area contributed by atoms with Crippen molar-refractivity contribution in [3.05, 3.63) is 132 Å². The van der Waals surface area contributed by atoms with E-state index in [1.165, 1.54) is 10.6 Å². The van der Waals surface area contributed by atoms with Crippen molar-refractivity contribution < 1.29 is 19.1 Å². The molecule has 1 atom stereocenters. The van der Waals surface area contributed by atoms with Gasteiger partial charge in [-0.2, -0.15) is 5.10 Å². The number of rotatable bonds is 10. The van der Waals surface area contributed by atoms with E-state index in [2.05, 4.69) is 16.8 Å². The van der Waals surface area contributed by atoms with Crippen LogP contribution in [0.5, 0.6) is 5.75 Å². The lowest BCUT2D eigenvalue weighted by molar-refractivity contribution is -0.132.